The van der Waals surface area contributed by atoms with E-state index in [-0.39, 0.29) is 0 Å². The molecule has 0 amide bonds. The monoisotopic (exact) mass is 494 g/mol. The summed E-state index contributed by atoms with van der Waals surface area (Å²) in [6.07, 6.45) is 4.56. The van der Waals surface area contributed by atoms with Crippen molar-refractivity contribution in [1.82, 2.24) is 14.9 Å². The van der Waals surface area contributed by atoms with Crippen LogP contribution in [0.3, 0.4) is 0 Å². The minimum absolute atomic E-state index is 0.419. The maximum atomic E-state index is 5.85. The number of hydrogen-bond donors (Lipinski definition) is 1. The van der Waals surface area contributed by atoms with Gasteiger partial charge in [0, 0.05) is 31.9 Å². The normalized spacial score (nSPS) is 16.4. The summed E-state index contributed by atoms with van der Waals surface area (Å²) in [5.74, 6) is 1.48. The molecule has 194 valence electrons. The van der Waals surface area contributed by atoms with Gasteiger partial charge in [0.05, 0.1) is 55.7 Å². The van der Waals surface area contributed by atoms with E-state index in [0.717, 1.165) is 72.3 Å². The van der Waals surface area contributed by atoms with Crippen molar-refractivity contribution in [3.05, 3.63) is 41.6 Å². The molecule has 2 aliphatic rings. The highest BCUT2D eigenvalue weighted by Crippen LogP contribution is 2.41. The first-order chi connectivity index (χ1) is 17.6. The lowest BCUT2D eigenvalue weighted by Crippen LogP contribution is -2.45. The van der Waals surface area contributed by atoms with E-state index >= 15 is 0 Å². The van der Waals surface area contributed by atoms with Crippen LogP contribution in [0, 0.1) is 6.92 Å². The number of ether oxygens (including phenoxy) is 4. The number of aromatic nitrogens is 2. The molecule has 1 N–H and O–H groups in total. The number of hydrogen-bond acceptors (Lipinski definition) is 7. The van der Waals surface area contributed by atoms with Crippen LogP contribution in [-0.4, -0.2) is 62.4 Å². The molecule has 0 atom stereocenters. The number of nitrogens with zero attached hydrogens (tertiary/aromatic N) is 3. The van der Waals surface area contributed by atoms with Crippen molar-refractivity contribution < 1.29 is 18.9 Å². The highest BCUT2D eigenvalue weighted by molar-refractivity contribution is 5.82. The van der Waals surface area contributed by atoms with Crippen LogP contribution < -0.4 is 19.7 Å². The predicted octanol–water partition coefficient (Wildman–Crippen LogP) is 4.56. The molecule has 36 heavy (non-hydrogen) atoms. The molecule has 8 heteroatoms. The molecule has 1 aromatic carbocycles. The Kier molecular flexibility index (Phi) is 7.65. The number of pyridine rings is 1. The number of fused-ring (bicyclic) bond motifs is 1. The van der Waals surface area contributed by atoms with E-state index in [4.69, 9.17) is 24.0 Å². The van der Waals surface area contributed by atoms with Gasteiger partial charge in [0.25, 0.3) is 0 Å². The fourth-order valence-corrected chi connectivity index (χ4v) is 5.14. The highest BCUT2D eigenvalue weighted by atomic mass is 16.5. The van der Waals surface area contributed by atoms with Gasteiger partial charge in [-0.25, -0.2) is 4.52 Å². The lowest BCUT2D eigenvalue weighted by molar-refractivity contribution is 0.0840. The Labute approximate surface area is 213 Å². The average molecular weight is 495 g/mol. The second-order valence-corrected chi connectivity index (χ2v) is 9.60. The lowest BCUT2D eigenvalue weighted by Gasteiger charge is -2.36. The largest absolute Gasteiger partial charge is 0.496 e. The Hall–Kier alpha value is -2.81. The summed E-state index contributed by atoms with van der Waals surface area (Å²) in [6, 6.07) is 11.4. The van der Waals surface area contributed by atoms with Crippen LogP contribution in [-0.2, 0) is 16.1 Å². The summed E-state index contributed by atoms with van der Waals surface area (Å²) in [4.78, 5) is 2.52. The Morgan fingerprint density at radius 3 is 2.44 bits per heavy atom. The van der Waals surface area contributed by atoms with Gasteiger partial charge in [-0.15, -0.1) is 0 Å². The number of methoxy groups -OCH3 is 2. The van der Waals surface area contributed by atoms with Crippen molar-refractivity contribution >= 4 is 11.2 Å². The molecule has 0 radical (unpaired) electrons. The zero-order chi connectivity index (χ0) is 25.1. The van der Waals surface area contributed by atoms with E-state index in [1.807, 2.05) is 23.6 Å². The molecule has 0 spiro atoms. The maximum Gasteiger partial charge on any atom is 0.132 e. The van der Waals surface area contributed by atoms with Crippen molar-refractivity contribution in [2.24, 2.45) is 0 Å². The van der Waals surface area contributed by atoms with Crippen LogP contribution in [0.5, 0.6) is 11.5 Å². The quantitative estimate of drug-likeness (QED) is 0.392. The van der Waals surface area contributed by atoms with Crippen LogP contribution >= 0.6 is 0 Å². The van der Waals surface area contributed by atoms with Gasteiger partial charge in [-0.3, -0.25) is 5.32 Å². The number of anilines is 1. The molecular weight excluding hydrogens is 456 g/mol. The van der Waals surface area contributed by atoms with E-state index in [2.05, 4.69) is 35.3 Å². The Morgan fingerprint density at radius 1 is 1.08 bits per heavy atom. The number of benzene rings is 1. The van der Waals surface area contributed by atoms with E-state index in [9.17, 15) is 0 Å². The van der Waals surface area contributed by atoms with E-state index in [0.29, 0.717) is 25.3 Å². The van der Waals surface area contributed by atoms with Gasteiger partial charge in [0.2, 0.25) is 0 Å². The van der Waals surface area contributed by atoms with Gasteiger partial charge in [0.1, 0.15) is 11.5 Å². The first kappa shape index (κ1) is 24.9. The third kappa shape index (κ3) is 5.03. The molecule has 3 aromatic rings. The summed E-state index contributed by atoms with van der Waals surface area (Å²) < 4.78 is 25.1. The molecule has 2 aromatic heterocycles. The minimum Gasteiger partial charge on any atom is -0.496 e. The van der Waals surface area contributed by atoms with Crippen molar-refractivity contribution in [1.29, 1.82) is 0 Å². The maximum absolute atomic E-state index is 5.85. The fourth-order valence-electron chi connectivity index (χ4n) is 5.14. The first-order valence-electron chi connectivity index (χ1n) is 13.0. The number of rotatable bonds is 11. The zero-order valence-corrected chi connectivity index (χ0v) is 21.9. The summed E-state index contributed by atoms with van der Waals surface area (Å²) in [6.45, 7) is 7.68. The molecule has 0 unspecified atom stereocenters. The summed E-state index contributed by atoms with van der Waals surface area (Å²) >= 11 is 0. The highest BCUT2D eigenvalue weighted by Gasteiger charge is 2.29. The van der Waals surface area contributed by atoms with Crippen LogP contribution in [0.1, 0.15) is 43.9 Å². The summed E-state index contributed by atoms with van der Waals surface area (Å²) in [5, 5.41) is 8.79. The van der Waals surface area contributed by atoms with Crippen molar-refractivity contribution in [3.63, 3.8) is 0 Å². The van der Waals surface area contributed by atoms with Crippen LogP contribution in [0.4, 0.5) is 5.69 Å². The third-order valence-corrected chi connectivity index (χ3v) is 7.14. The SMILES string of the molecule is CCOCc1cc(OC)c(-c2cccc3c(N(CNC4CC4)C4CCOCC4)c(C)nn23)c(OC)c1. The summed E-state index contributed by atoms with van der Waals surface area (Å²) in [5.41, 5.74) is 6.10. The Balaban J connectivity index is 1.60. The molecule has 1 saturated carbocycles. The van der Waals surface area contributed by atoms with Gasteiger partial charge in [0.15, 0.2) is 0 Å². The second kappa shape index (κ2) is 11.1. The van der Waals surface area contributed by atoms with Crippen molar-refractivity contribution in [2.75, 3.05) is 45.6 Å². The van der Waals surface area contributed by atoms with E-state index in [1.165, 1.54) is 18.5 Å². The smallest absolute Gasteiger partial charge is 0.132 e. The van der Waals surface area contributed by atoms with E-state index < -0.39 is 0 Å². The molecule has 2 fully saturated rings. The van der Waals surface area contributed by atoms with Gasteiger partial charge >= 0.3 is 0 Å². The molecular formula is C28H38N4O4. The molecule has 1 saturated heterocycles. The Bertz CT molecular complexity index is 1160. The minimum atomic E-state index is 0.419. The van der Waals surface area contributed by atoms with Gasteiger partial charge in [-0.05, 0) is 69.4 Å². The predicted molar refractivity (Wildman–Crippen MR) is 141 cm³/mol. The summed E-state index contributed by atoms with van der Waals surface area (Å²) in [7, 11) is 3.39. The number of aryl methyl sites for hydroxylation is 1. The van der Waals surface area contributed by atoms with E-state index in [1.54, 1.807) is 14.2 Å². The molecule has 1 aliphatic carbocycles. The third-order valence-electron chi connectivity index (χ3n) is 7.14. The van der Waals surface area contributed by atoms with Gasteiger partial charge in [-0.1, -0.05) is 6.07 Å². The molecule has 5 rings (SSSR count). The topological polar surface area (TPSA) is 69.5 Å². The number of nitrogens with one attached hydrogen (secondary N) is 1. The fraction of sp³-hybridized carbons (Fsp3) is 0.536. The molecule has 1 aliphatic heterocycles. The molecule has 8 nitrogen and oxygen atoms in total. The van der Waals surface area contributed by atoms with Crippen LogP contribution in [0.25, 0.3) is 16.8 Å². The van der Waals surface area contributed by atoms with Crippen molar-refractivity contribution in [2.45, 2.75) is 58.2 Å². The van der Waals surface area contributed by atoms with Crippen LogP contribution in [0.15, 0.2) is 30.3 Å². The van der Waals surface area contributed by atoms with Gasteiger partial charge in [-0.2, -0.15) is 5.10 Å². The zero-order valence-electron chi connectivity index (χ0n) is 21.9. The second-order valence-electron chi connectivity index (χ2n) is 9.60. The molecule has 3 heterocycles. The van der Waals surface area contributed by atoms with Gasteiger partial charge < -0.3 is 23.8 Å². The molecule has 0 bridgehead atoms. The van der Waals surface area contributed by atoms with Crippen LogP contribution in [0.2, 0.25) is 0 Å². The standard InChI is InChI=1S/C28H38N4O4/c1-5-35-17-20-15-25(33-3)27(26(16-20)34-4)23-7-6-8-24-28(19(2)30-32(23)24)31(18-29-21-9-10-21)22-11-13-36-14-12-22/h6-8,15-16,21-22,29H,5,9-14,17-18H2,1-4H3. The first-order valence-corrected chi connectivity index (χ1v) is 13.0. The van der Waals surface area contributed by atoms with Crippen molar-refractivity contribution in [3.8, 4) is 22.8 Å². The lowest BCUT2D eigenvalue weighted by atomic mass is 10.0. The average Bonchev–Trinajstić information content (AvgIpc) is 3.68. The Morgan fingerprint density at radius 2 is 1.81 bits per heavy atom.